The van der Waals surface area contributed by atoms with Gasteiger partial charge in [-0.1, -0.05) is 192 Å². The molecule has 0 aromatic carbocycles. The number of carboxylic acid groups (broad SMARTS) is 2. The highest BCUT2D eigenvalue weighted by Gasteiger charge is 2.22. The van der Waals surface area contributed by atoms with Crippen LogP contribution in [0.3, 0.4) is 0 Å². The van der Waals surface area contributed by atoms with E-state index in [0.717, 1.165) is 25.7 Å². The van der Waals surface area contributed by atoms with Crippen molar-refractivity contribution < 1.29 is 38.9 Å². The van der Waals surface area contributed by atoms with Gasteiger partial charge < -0.3 is 19.7 Å². The molecule has 8 heteroatoms. The quantitative estimate of drug-likeness (QED) is 0.0358. The topological polar surface area (TPSA) is 127 Å². The molecule has 54 heavy (non-hydrogen) atoms. The first-order valence-corrected chi connectivity index (χ1v) is 22.4. The summed E-state index contributed by atoms with van der Waals surface area (Å²) in [5.41, 5.74) is 0. The third-order valence-corrected chi connectivity index (χ3v) is 10.3. The summed E-state index contributed by atoms with van der Waals surface area (Å²) < 4.78 is 10.2. The lowest BCUT2D eigenvalue weighted by molar-refractivity contribution is -0.157. The summed E-state index contributed by atoms with van der Waals surface area (Å²) in [4.78, 5) is 47.8. The molecule has 0 aromatic heterocycles. The predicted molar refractivity (Wildman–Crippen MR) is 222 cm³/mol. The zero-order valence-corrected chi connectivity index (χ0v) is 34.8. The first-order valence-electron chi connectivity index (χ1n) is 22.4. The Morgan fingerprint density at radius 2 is 0.667 bits per heavy atom. The summed E-state index contributed by atoms with van der Waals surface area (Å²) >= 11 is 0. The summed E-state index contributed by atoms with van der Waals surface area (Å²) in [7, 11) is 0. The third-order valence-electron chi connectivity index (χ3n) is 10.3. The van der Waals surface area contributed by atoms with Crippen molar-refractivity contribution in [1.82, 2.24) is 0 Å². The van der Waals surface area contributed by atoms with Gasteiger partial charge in [-0.25, -0.2) is 0 Å². The van der Waals surface area contributed by atoms with Gasteiger partial charge in [-0.2, -0.15) is 0 Å². The van der Waals surface area contributed by atoms with Gasteiger partial charge in [-0.15, -0.1) is 0 Å². The molecule has 0 aliphatic heterocycles. The van der Waals surface area contributed by atoms with Gasteiger partial charge in [0.05, 0.1) is 24.7 Å². The van der Waals surface area contributed by atoms with Gasteiger partial charge in [-0.05, 0) is 38.5 Å². The van der Waals surface area contributed by atoms with E-state index in [-0.39, 0.29) is 38.9 Å². The summed E-state index contributed by atoms with van der Waals surface area (Å²) in [5, 5.41) is 19.1. The minimum absolute atomic E-state index is 0.206. The van der Waals surface area contributed by atoms with E-state index in [9.17, 15) is 29.4 Å². The summed E-state index contributed by atoms with van der Waals surface area (Å²) in [5.74, 6) is -5.20. The lowest BCUT2D eigenvalue weighted by atomic mass is 10.0. The summed E-state index contributed by atoms with van der Waals surface area (Å²) in [6.07, 6.45) is 43.4. The molecule has 0 saturated carbocycles. The molecule has 0 amide bonds. The number of esters is 2. The molecule has 314 valence electrons. The molecule has 0 aliphatic rings. The maximum atomic E-state index is 12.2. The molecule has 0 bridgehead atoms. The first kappa shape index (κ1) is 51.4. The fourth-order valence-electron chi connectivity index (χ4n) is 6.69. The van der Waals surface area contributed by atoms with Crippen molar-refractivity contribution in [3.05, 3.63) is 24.3 Å². The van der Waals surface area contributed by atoms with E-state index in [4.69, 9.17) is 9.47 Å². The fraction of sp³-hybridized carbons (Fsp3) is 0.826. The van der Waals surface area contributed by atoms with Gasteiger partial charge >= 0.3 is 23.9 Å². The standard InChI is InChI=1S/C46H82O8/c1-3-5-7-9-11-13-15-17-19-21-23-25-27-29-31-33-35-41(45(49)50)39-43(47)53-37-38-54-44(48)40-42(46(51)52)36-34-32-30-28-26-24-22-20-18-16-14-12-10-8-6-4-2/h31-34,41-42H,3-30,35-40H2,1-2H3,(H,49,50)(H,51,52)/b33-31+,34-32+. The molecular formula is C46H82O8. The fourth-order valence-corrected chi connectivity index (χ4v) is 6.69. The highest BCUT2D eigenvalue weighted by Crippen LogP contribution is 2.17. The molecule has 0 aliphatic carbocycles. The Morgan fingerprint density at radius 3 is 0.926 bits per heavy atom. The number of aliphatic carboxylic acids is 2. The van der Waals surface area contributed by atoms with Gasteiger partial charge in [-0.3, -0.25) is 19.2 Å². The number of unbranched alkanes of at least 4 members (excludes halogenated alkanes) is 26. The molecule has 0 heterocycles. The van der Waals surface area contributed by atoms with E-state index in [1.807, 2.05) is 24.3 Å². The highest BCUT2D eigenvalue weighted by atomic mass is 16.6. The van der Waals surface area contributed by atoms with E-state index in [2.05, 4.69) is 13.8 Å². The summed E-state index contributed by atoms with van der Waals surface area (Å²) in [6.45, 7) is 4.09. The van der Waals surface area contributed by atoms with E-state index in [1.54, 1.807) is 0 Å². The monoisotopic (exact) mass is 763 g/mol. The molecule has 0 spiro atoms. The average molecular weight is 763 g/mol. The second kappa shape index (κ2) is 40.0. The van der Waals surface area contributed by atoms with Crippen molar-refractivity contribution in [2.75, 3.05) is 13.2 Å². The molecule has 0 saturated heterocycles. The lowest BCUT2D eigenvalue weighted by Gasteiger charge is -2.12. The third kappa shape index (κ3) is 36.3. The van der Waals surface area contributed by atoms with Crippen LogP contribution in [0.25, 0.3) is 0 Å². The minimum Gasteiger partial charge on any atom is -0.481 e. The second-order valence-electron chi connectivity index (χ2n) is 15.4. The van der Waals surface area contributed by atoms with Crippen LogP contribution in [-0.4, -0.2) is 47.3 Å². The van der Waals surface area contributed by atoms with Crippen LogP contribution in [-0.2, 0) is 28.7 Å². The number of ether oxygens (including phenoxy) is 2. The Balaban J connectivity index is 3.94. The van der Waals surface area contributed by atoms with Crippen LogP contribution in [0.4, 0.5) is 0 Å². The Bertz CT molecular complexity index is 882. The average Bonchev–Trinajstić information content (AvgIpc) is 3.15. The lowest BCUT2D eigenvalue weighted by Crippen LogP contribution is -2.22. The molecule has 0 aromatic rings. The van der Waals surface area contributed by atoms with Crippen molar-refractivity contribution in [3.8, 4) is 0 Å². The Labute approximate surface area is 330 Å². The van der Waals surface area contributed by atoms with Gasteiger partial charge in [0.2, 0.25) is 0 Å². The maximum Gasteiger partial charge on any atom is 0.307 e. The van der Waals surface area contributed by atoms with E-state index in [0.29, 0.717) is 0 Å². The van der Waals surface area contributed by atoms with Gasteiger partial charge in [0, 0.05) is 0 Å². The minimum atomic E-state index is -1.05. The van der Waals surface area contributed by atoms with Crippen LogP contribution in [0.2, 0.25) is 0 Å². The Morgan fingerprint density at radius 1 is 0.407 bits per heavy atom. The number of hydrogen-bond acceptors (Lipinski definition) is 6. The van der Waals surface area contributed by atoms with Crippen molar-refractivity contribution in [1.29, 1.82) is 0 Å². The molecule has 2 atom stereocenters. The van der Waals surface area contributed by atoms with Gasteiger partial charge in [0.1, 0.15) is 13.2 Å². The molecule has 0 radical (unpaired) electrons. The Hall–Kier alpha value is -2.64. The normalized spacial score (nSPS) is 12.7. The molecule has 2 N–H and O–H groups in total. The highest BCUT2D eigenvalue weighted by molar-refractivity contribution is 5.79. The molecule has 2 unspecified atom stereocenters. The second-order valence-corrected chi connectivity index (χ2v) is 15.4. The van der Waals surface area contributed by atoms with E-state index in [1.165, 1.54) is 154 Å². The smallest absolute Gasteiger partial charge is 0.307 e. The van der Waals surface area contributed by atoms with Crippen molar-refractivity contribution >= 4 is 23.9 Å². The molecule has 0 fully saturated rings. The van der Waals surface area contributed by atoms with Gasteiger partial charge in [0.25, 0.3) is 0 Å². The van der Waals surface area contributed by atoms with E-state index < -0.39 is 35.7 Å². The zero-order chi connectivity index (χ0) is 39.7. The van der Waals surface area contributed by atoms with Crippen molar-refractivity contribution in [2.24, 2.45) is 11.8 Å². The summed E-state index contributed by atoms with van der Waals surface area (Å²) in [6, 6.07) is 0. The van der Waals surface area contributed by atoms with Crippen LogP contribution in [0.15, 0.2) is 24.3 Å². The predicted octanol–water partition coefficient (Wildman–Crippen LogP) is 13.1. The zero-order valence-electron chi connectivity index (χ0n) is 34.8. The van der Waals surface area contributed by atoms with Crippen molar-refractivity contribution in [2.45, 2.75) is 219 Å². The number of carbonyl (C=O) groups is 4. The number of rotatable bonds is 41. The van der Waals surface area contributed by atoms with Crippen LogP contribution >= 0.6 is 0 Å². The van der Waals surface area contributed by atoms with E-state index >= 15 is 0 Å². The van der Waals surface area contributed by atoms with Crippen LogP contribution in [0.5, 0.6) is 0 Å². The number of allylic oxidation sites excluding steroid dienone is 4. The van der Waals surface area contributed by atoms with Crippen LogP contribution < -0.4 is 0 Å². The maximum absolute atomic E-state index is 12.2. The number of carbonyl (C=O) groups excluding carboxylic acids is 2. The molecule has 0 rings (SSSR count). The SMILES string of the molecule is CCCCCCCCCCCCCCC/C=C/CC(CC(=O)OCCOC(=O)CC(C/C=C/CCCCCCCCCCCCCCC)C(=O)O)C(=O)O. The molecular weight excluding hydrogens is 680 g/mol. The number of carboxylic acids is 2. The largest absolute Gasteiger partial charge is 0.481 e. The Kier molecular flexibility index (Phi) is 38.1. The number of hydrogen-bond donors (Lipinski definition) is 2. The van der Waals surface area contributed by atoms with Crippen molar-refractivity contribution in [3.63, 3.8) is 0 Å². The molecule has 8 nitrogen and oxygen atoms in total. The first-order chi connectivity index (χ1) is 26.3. The van der Waals surface area contributed by atoms with Crippen LogP contribution in [0.1, 0.15) is 219 Å². The van der Waals surface area contributed by atoms with Crippen LogP contribution in [0, 0.1) is 11.8 Å². The van der Waals surface area contributed by atoms with Gasteiger partial charge in [0.15, 0.2) is 0 Å².